The van der Waals surface area contributed by atoms with Gasteiger partial charge in [0, 0.05) is 18.8 Å². The van der Waals surface area contributed by atoms with E-state index in [1.54, 1.807) is 35.2 Å². The van der Waals surface area contributed by atoms with Gasteiger partial charge in [-0.2, -0.15) is 13.2 Å². The Kier molecular flexibility index (Phi) is 5.26. The average molecular weight is 414 g/mol. The van der Waals surface area contributed by atoms with E-state index in [0.717, 1.165) is 17.7 Å². The van der Waals surface area contributed by atoms with Crippen molar-refractivity contribution in [2.75, 3.05) is 5.32 Å². The SMILES string of the molecule is O=C(CCc1cccnc1)Nc1nc2cc(C(F)(F)F)ccc2n1Cc1ccco1. The highest BCUT2D eigenvalue weighted by atomic mass is 19.4. The number of amides is 1. The lowest BCUT2D eigenvalue weighted by Gasteiger charge is -2.09. The van der Waals surface area contributed by atoms with Gasteiger partial charge >= 0.3 is 6.18 Å². The number of pyridine rings is 1. The lowest BCUT2D eigenvalue weighted by Crippen LogP contribution is -2.16. The molecule has 6 nitrogen and oxygen atoms in total. The zero-order chi connectivity index (χ0) is 21.1. The van der Waals surface area contributed by atoms with Crippen molar-refractivity contribution in [1.82, 2.24) is 14.5 Å². The van der Waals surface area contributed by atoms with E-state index in [1.165, 1.54) is 12.3 Å². The summed E-state index contributed by atoms with van der Waals surface area (Å²) in [6.07, 6.45) is 1.02. The summed E-state index contributed by atoms with van der Waals surface area (Å²) in [5.41, 5.74) is 0.708. The molecule has 0 atom stereocenters. The minimum Gasteiger partial charge on any atom is -0.467 e. The van der Waals surface area contributed by atoms with Crippen LogP contribution in [0.1, 0.15) is 23.3 Å². The van der Waals surface area contributed by atoms with Crippen molar-refractivity contribution < 1.29 is 22.4 Å². The summed E-state index contributed by atoms with van der Waals surface area (Å²) in [6.45, 7) is 0.215. The van der Waals surface area contributed by atoms with Crippen molar-refractivity contribution in [3.05, 3.63) is 78.0 Å². The van der Waals surface area contributed by atoms with Crippen molar-refractivity contribution >= 4 is 22.9 Å². The van der Waals surface area contributed by atoms with Crippen LogP contribution in [0.25, 0.3) is 11.0 Å². The third-order valence-electron chi connectivity index (χ3n) is 4.58. The normalized spacial score (nSPS) is 11.7. The monoisotopic (exact) mass is 414 g/mol. The van der Waals surface area contributed by atoms with E-state index in [-0.39, 0.29) is 30.3 Å². The molecule has 1 N–H and O–H groups in total. The smallest absolute Gasteiger partial charge is 0.416 e. The Morgan fingerprint density at radius 3 is 2.73 bits per heavy atom. The highest BCUT2D eigenvalue weighted by molar-refractivity contribution is 5.91. The van der Waals surface area contributed by atoms with Crippen LogP contribution in [0, 0.1) is 0 Å². The number of furan rings is 1. The maximum atomic E-state index is 13.1. The van der Waals surface area contributed by atoms with Crippen LogP contribution in [0.3, 0.4) is 0 Å². The number of benzene rings is 1. The average Bonchev–Trinajstić information content (AvgIpc) is 3.35. The van der Waals surface area contributed by atoms with Gasteiger partial charge in [0.15, 0.2) is 0 Å². The van der Waals surface area contributed by atoms with Gasteiger partial charge < -0.3 is 8.98 Å². The number of aromatic nitrogens is 3. The van der Waals surface area contributed by atoms with Gasteiger partial charge in [0.05, 0.1) is 29.4 Å². The molecule has 1 amide bonds. The van der Waals surface area contributed by atoms with Crippen molar-refractivity contribution in [1.29, 1.82) is 0 Å². The molecule has 0 fully saturated rings. The Bertz CT molecular complexity index is 1150. The first kappa shape index (κ1) is 19.7. The number of aryl methyl sites for hydroxylation is 1. The molecule has 0 radical (unpaired) electrons. The fourth-order valence-electron chi connectivity index (χ4n) is 3.11. The lowest BCUT2D eigenvalue weighted by atomic mass is 10.1. The summed E-state index contributed by atoms with van der Waals surface area (Å²) in [7, 11) is 0. The zero-order valence-electron chi connectivity index (χ0n) is 15.7. The molecule has 0 bridgehead atoms. The molecule has 3 aromatic heterocycles. The fourth-order valence-corrected chi connectivity index (χ4v) is 3.11. The molecule has 154 valence electrons. The third kappa shape index (κ3) is 4.35. The van der Waals surface area contributed by atoms with Crippen molar-refractivity contribution in [2.45, 2.75) is 25.6 Å². The number of anilines is 1. The molecular formula is C21H17F3N4O2. The number of nitrogens with zero attached hydrogens (tertiary/aromatic N) is 3. The van der Waals surface area contributed by atoms with Gasteiger partial charge in [-0.3, -0.25) is 15.1 Å². The second kappa shape index (κ2) is 8.02. The molecular weight excluding hydrogens is 397 g/mol. The summed E-state index contributed by atoms with van der Waals surface area (Å²) in [5.74, 6) is 0.447. The minimum absolute atomic E-state index is 0.138. The van der Waals surface area contributed by atoms with Crippen LogP contribution in [0.2, 0.25) is 0 Å². The summed E-state index contributed by atoms with van der Waals surface area (Å²) in [6, 6.07) is 10.4. The van der Waals surface area contributed by atoms with E-state index in [2.05, 4.69) is 15.3 Å². The number of hydrogen-bond donors (Lipinski definition) is 1. The van der Waals surface area contributed by atoms with Gasteiger partial charge in [0.2, 0.25) is 11.9 Å². The van der Waals surface area contributed by atoms with Crippen LogP contribution >= 0.6 is 0 Å². The highest BCUT2D eigenvalue weighted by Gasteiger charge is 2.31. The first-order valence-electron chi connectivity index (χ1n) is 9.19. The van der Waals surface area contributed by atoms with Crippen LogP contribution in [-0.4, -0.2) is 20.4 Å². The number of fused-ring (bicyclic) bond motifs is 1. The number of alkyl halides is 3. The first-order valence-corrected chi connectivity index (χ1v) is 9.19. The molecule has 0 unspecified atom stereocenters. The number of hydrogen-bond acceptors (Lipinski definition) is 4. The van der Waals surface area contributed by atoms with E-state index in [4.69, 9.17) is 4.42 Å². The highest BCUT2D eigenvalue weighted by Crippen LogP contribution is 2.32. The molecule has 30 heavy (non-hydrogen) atoms. The molecule has 4 aromatic rings. The molecule has 0 aliphatic rings. The van der Waals surface area contributed by atoms with E-state index >= 15 is 0 Å². The molecule has 1 aromatic carbocycles. The number of carbonyl (C=O) groups excluding carboxylic acids is 1. The van der Waals surface area contributed by atoms with Gasteiger partial charge in [-0.25, -0.2) is 4.98 Å². The topological polar surface area (TPSA) is 73.0 Å². The van der Waals surface area contributed by atoms with Crippen molar-refractivity contribution in [3.8, 4) is 0 Å². The molecule has 0 saturated carbocycles. The van der Waals surface area contributed by atoms with Gasteiger partial charge in [0.1, 0.15) is 5.76 Å². The molecule has 9 heteroatoms. The van der Waals surface area contributed by atoms with Gasteiger partial charge in [-0.1, -0.05) is 6.07 Å². The molecule has 0 aliphatic carbocycles. The number of nitrogens with one attached hydrogen (secondary N) is 1. The van der Waals surface area contributed by atoms with Crippen molar-refractivity contribution in [2.24, 2.45) is 0 Å². The fraction of sp³-hybridized carbons (Fsp3) is 0.190. The Labute approximate surface area is 169 Å². The maximum absolute atomic E-state index is 13.1. The quantitative estimate of drug-likeness (QED) is 0.498. The molecule has 3 heterocycles. The van der Waals surface area contributed by atoms with E-state index in [1.807, 2.05) is 6.07 Å². The maximum Gasteiger partial charge on any atom is 0.416 e. The zero-order valence-corrected chi connectivity index (χ0v) is 15.7. The van der Waals surface area contributed by atoms with Gasteiger partial charge in [-0.05, 0) is 48.4 Å². The number of imidazole rings is 1. The minimum atomic E-state index is -4.48. The summed E-state index contributed by atoms with van der Waals surface area (Å²) in [4.78, 5) is 20.7. The van der Waals surface area contributed by atoms with Crippen LogP contribution in [0.15, 0.2) is 65.5 Å². The largest absolute Gasteiger partial charge is 0.467 e. The number of carbonyl (C=O) groups is 1. The van der Waals surface area contributed by atoms with Gasteiger partial charge in [0.25, 0.3) is 0 Å². The lowest BCUT2D eigenvalue weighted by molar-refractivity contribution is -0.137. The Balaban J connectivity index is 1.62. The number of rotatable bonds is 6. The second-order valence-corrected chi connectivity index (χ2v) is 6.71. The van der Waals surface area contributed by atoms with Crippen molar-refractivity contribution in [3.63, 3.8) is 0 Å². The van der Waals surface area contributed by atoms with Crippen LogP contribution in [0.4, 0.5) is 19.1 Å². The summed E-state index contributed by atoms with van der Waals surface area (Å²) >= 11 is 0. The van der Waals surface area contributed by atoms with E-state index in [0.29, 0.717) is 17.7 Å². The van der Waals surface area contributed by atoms with E-state index in [9.17, 15) is 18.0 Å². The third-order valence-corrected chi connectivity index (χ3v) is 4.58. The van der Waals surface area contributed by atoms with Crippen LogP contribution < -0.4 is 5.32 Å². The van der Waals surface area contributed by atoms with Gasteiger partial charge in [-0.15, -0.1) is 0 Å². The van der Waals surface area contributed by atoms with Crippen LogP contribution in [-0.2, 0) is 23.9 Å². The second-order valence-electron chi connectivity index (χ2n) is 6.71. The predicted molar refractivity (Wildman–Crippen MR) is 104 cm³/mol. The molecule has 0 spiro atoms. The first-order chi connectivity index (χ1) is 14.4. The molecule has 0 saturated heterocycles. The number of halogens is 3. The standard InChI is InChI=1S/C21H17F3N4O2/c22-21(23,24)15-6-7-18-17(11-15)26-20(28(18)13-16-4-2-10-30-16)27-19(29)8-5-14-3-1-9-25-12-14/h1-4,6-7,9-12H,5,8,13H2,(H,26,27,29). The van der Waals surface area contributed by atoms with Crippen LogP contribution in [0.5, 0.6) is 0 Å². The Morgan fingerprint density at radius 2 is 2.03 bits per heavy atom. The van der Waals surface area contributed by atoms with E-state index < -0.39 is 11.7 Å². The Hall–Kier alpha value is -3.62. The molecule has 4 rings (SSSR count). The predicted octanol–water partition coefficient (Wildman–Crippen LogP) is 4.66. The Morgan fingerprint density at radius 1 is 1.17 bits per heavy atom. The summed E-state index contributed by atoms with van der Waals surface area (Å²) in [5, 5.41) is 2.71. The molecule has 0 aliphatic heterocycles. The summed E-state index contributed by atoms with van der Waals surface area (Å²) < 4.78 is 46.2.